The fourth-order valence-electron chi connectivity index (χ4n) is 4.51. The monoisotopic (exact) mass is 480 g/mol. The molecular weight excluding hydrogens is 459 g/mol. The lowest BCUT2D eigenvalue weighted by molar-refractivity contribution is -0.116. The van der Waals surface area contributed by atoms with Gasteiger partial charge < -0.3 is 10.2 Å². The molecule has 0 saturated carbocycles. The maximum absolute atomic E-state index is 13.0. The van der Waals surface area contributed by atoms with Gasteiger partial charge in [-0.1, -0.05) is 41.4 Å². The number of benzene rings is 2. The molecule has 2 aromatic carbocycles. The number of hydrogen-bond donors (Lipinski definition) is 1. The molecule has 168 valence electrons. The number of carbonyl (C=O) groups excluding carboxylic acids is 2. The maximum atomic E-state index is 13.0. The van der Waals surface area contributed by atoms with E-state index in [0.29, 0.717) is 22.0 Å². The number of allylic oxidation sites excluding steroid dienone is 2. The molecule has 2 aliphatic rings. The summed E-state index contributed by atoms with van der Waals surface area (Å²) in [5.41, 5.74) is 4.96. The highest BCUT2D eigenvalue weighted by atomic mass is 35.5. The summed E-state index contributed by atoms with van der Waals surface area (Å²) in [5, 5.41) is 9.06. The van der Waals surface area contributed by atoms with Crippen molar-refractivity contribution in [3.63, 3.8) is 0 Å². The highest BCUT2D eigenvalue weighted by molar-refractivity contribution is 6.42. The molecule has 33 heavy (non-hydrogen) atoms. The third-order valence-electron chi connectivity index (χ3n) is 6.15. The zero-order valence-electron chi connectivity index (χ0n) is 18.2. The molecule has 2 heterocycles. The van der Waals surface area contributed by atoms with Crippen LogP contribution in [0.5, 0.6) is 0 Å². The summed E-state index contributed by atoms with van der Waals surface area (Å²) in [5.74, 6) is 0.882. The molecule has 5 rings (SSSR count). The molecule has 0 fully saturated rings. The molecule has 8 heteroatoms. The van der Waals surface area contributed by atoms with Crippen LogP contribution >= 0.6 is 23.2 Å². The Balaban J connectivity index is 1.62. The summed E-state index contributed by atoms with van der Waals surface area (Å²) in [6, 6.07) is 12.5. The number of nitrogens with one attached hydrogen (secondary N) is 1. The van der Waals surface area contributed by atoms with Crippen LogP contribution in [0.2, 0.25) is 10.0 Å². The number of hydrogen-bond acceptors (Lipinski definition) is 4. The van der Waals surface area contributed by atoms with Gasteiger partial charge in [0, 0.05) is 42.9 Å². The molecular formula is C25H22Cl2N4O2. The first kappa shape index (κ1) is 21.7. The molecule has 0 saturated heterocycles. The average molecular weight is 481 g/mol. The second-order valence-electron chi connectivity index (χ2n) is 8.50. The fourth-order valence-corrected chi connectivity index (χ4v) is 4.82. The predicted molar refractivity (Wildman–Crippen MR) is 130 cm³/mol. The number of rotatable bonds is 3. The molecule has 1 aromatic heterocycles. The van der Waals surface area contributed by atoms with Crippen LogP contribution in [0.15, 0.2) is 59.9 Å². The standard InChI is InChI=1S/C25H22Cl2N4O2/c1-30(2)25(33)15-8-6-14(7-9-15)17-13-28-31-23(16-10-11-18(26)19(27)12-16)22-20(29-24(17)31)4-3-5-21(22)32/h6-13,23,29H,3-5H2,1-2H3. The molecule has 1 amide bonds. The van der Waals surface area contributed by atoms with E-state index in [4.69, 9.17) is 23.2 Å². The molecule has 1 unspecified atom stereocenters. The van der Waals surface area contributed by atoms with Crippen LogP contribution in [0.25, 0.3) is 11.1 Å². The lowest BCUT2D eigenvalue weighted by Gasteiger charge is -2.33. The predicted octanol–water partition coefficient (Wildman–Crippen LogP) is 5.58. The minimum atomic E-state index is -0.387. The zero-order chi connectivity index (χ0) is 23.3. The van der Waals surface area contributed by atoms with Gasteiger partial charge in [-0.3, -0.25) is 9.59 Å². The first-order chi connectivity index (χ1) is 15.8. The molecule has 6 nitrogen and oxygen atoms in total. The van der Waals surface area contributed by atoms with Crippen LogP contribution in [0, 0.1) is 0 Å². The van der Waals surface area contributed by atoms with E-state index in [-0.39, 0.29) is 17.7 Å². The highest BCUT2D eigenvalue weighted by Gasteiger charge is 2.37. The number of ketones is 1. The Morgan fingerprint density at radius 2 is 1.85 bits per heavy atom. The number of amides is 1. The first-order valence-corrected chi connectivity index (χ1v) is 11.5. The van der Waals surface area contributed by atoms with E-state index in [2.05, 4.69) is 10.4 Å². The van der Waals surface area contributed by atoms with Crippen LogP contribution in [-0.4, -0.2) is 40.5 Å². The van der Waals surface area contributed by atoms with Gasteiger partial charge in [0.15, 0.2) is 5.78 Å². The van der Waals surface area contributed by atoms with E-state index in [1.54, 1.807) is 37.3 Å². The molecule has 0 radical (unpaired) electrons. The van der Waals surface area contributed by atoms with Gasteiger partial charge in [0.25, 0.3) is 5.91 Å². The summed E-state index contributed by atoms with van der Waals surface area (Å²) >= 11 is 12.5. The van der Waals surface area contributed by atoms with Crippen molar-refractivity contribution in [3.05, 3.63) is 81.1 Å². The number of fused-ring (bicyclic) bond motifs is 1. The Bertz CT molecular complexity index is 1310. The number of nitrogens with zero attached hydrogens (tertiary/aromatic N) is 3. The highest BCUT2D eigenvalue weighted by Crippen LogP contribution is 2.44. The Kier molecular flexibility index (Phi) is 5.51. The Morgan fingerprint density at radius 1 is 1.09 bits per heavy atom. The van der Waals surface area contributed by atoms with Gasteiger partial charge in [0.1, 0.15) is 11.9 Å². The zero-order valence-corrected chi connectivity index (χ0v) is 19.7. The van der Waals surface area contributed by atoms with Crippen LogP contribution in [0.3, 0.4) is 0 Å². The minimum Gasteiger partial charge on any atom is -0.345 e. The van der Waals surface area contributed by atoms with Crippen molar-refractivity contribution in [2.24, 2.45) is 0 Å². The molecule has 1 N–H and O–H groups in total. The molecule has 1 aliphatic carbocycles. The number of halogens is 2. The maximum Gasteiger partial charge on any atom is 0.253 e. The van der Waals surface area contributed by atoms with E-state index >= 15 is 0 Å². The summed E-state index contributed by atoms with van der Waals surface area (Å²) in [4.78, 5) is 26.8. The van der Waals surface area contributed by atoms with Gasteiger partial charge in [-0.2, -0.15) is 5.10 Å². The van der Waals surface area contributed by atoms with Gasteiger partial charge in [-0.05, 0) is 48.2 Å². The van der Waals surface area contributed by atoms with Crippen molar-refractivity contribution in [2.75, 3.05) is 19.4 Å². The van der Waals surface area contributed by atoms with E-state index in [0.717, 1.165) is 46.6 Å². The van der Waals surface area contributed by atoms with E-state index in [1.165, 1.54) is 0 Å². The van der Waals surface area contributed by atoms with Gasteiger partial charge in [0.05, 0.1) is 16.2 Å². The van der Waals surface area contributed by atoms with Crippen molar-refractivity contribution in [3.8, 4) is 11.1 Å². The fraction of sp³-hybridized carbons (Fsp3) is 0.240. The van der Waals surface area contributed by atoms with Crippen molar-refractivity contribution >= 4 is 40.7 Å². The average Bonchev–Trinajstić information content (AvgIpc) is 3.23. The second kappa shape index (κ2) is 8.36. The molecule has 1 atom stereocenters. The second-order valence-corrected chi connectivity index (χ2v) is 9.31. The third kappa shape index (κ3) is 3.73. The van der Waals surface area contributed by atoms with Crippen molar-refractivity contribution in [1.29, 1.82) is 0 Å². The SMILES string of the molecule is CN(C)C(=O)c1ccc(-c2cnn3c2NC2=C(C(=O)CCC2)C3c2ccc(Cl)c(Cl)c2)cc1. The van der Waals surface area contributed by atoms with Gasteiger partial charge in [-0.25, -0.2) is 4.68 Å². The third-order valence-corrected chi connectivity index (χ3v) is 6.89. The molecule has 3 aromatic rings. The summed E-state index contributed by atoms with van der Waals surface area (Å²) in [6.07, 6.45) is 3.91. The van der Waals surface area contributed by atoms with Crippen molar-refractivity contribution < 1.29 is 9.59 Å². The van der Waals surface area contributed by atoms with E-state index in [9.17, 15) is 9.59 Å². The molecule has 1 aliphatic heterocycles. The van der Waals surface area contributed by atoms with E-state index < -0.39 is 0 Å². The lowest BCUT2D eigenvalue weighted by Crippen LogP contribution is -2.31. The largest absolute Gasteiger partial charge is 0.345 e. The number of Topliss-reactive ketones (excluding diaryl/α,β-unsaturated/α-hetero) is 1. The topological polar surface area (TPSA) is 67.2 Å². The number of carbonyl (C=O) groups is 2. The summed E-state index contributed by atoms with van der Waals surface area (Å²) in [7, 11) is 3.46. The number of anilines is 1. The Labute approximate surface area is 201 Å². The van der Waals surface area contributed by atoms with E-state index in [1.807, 2.05) is 35.0 Å². The lowest BCUT2D eigenvalue weighted by atomic mass is 9.85. The van der Waals surface area contributed by atoms with Crippen LogP contribution in [0.4, 0.5) is 5.82 Å². The molecule has 0 spiro atoms. The normalized spacial score (nSPS) is 17.3. The van der Waals surface area contributed by atoms with Gasteiger partial charge in [-0.15, -0.1) is 0 Å². The Morgan fingerprint density at radius 3 is 2.55 bits per heavy atom. The molecule has 0 bridgehead atoms. The Hall–Kier alpha value is -3.09. The van der Waals surface area contributed by atoms with Crippen molar-refractivity contribution in [2.45, 2.75) is 25.3 Å². The summed E-state index contributed by atoms with van der Waals surface area (Å²) in [6.45, 7) is 0. The first-order valence-electron chi connectivity index (χ1n) is 10.7. The smallest absolute Gasteiger partial charge is 0.253 e. The van der Waals surface area contributed by atoms with Crippen LogP contribution in [0.1, 0.15) is 41.2 Å². The minimum absolute atomic E-state index is 0.0492. The van der Waals surface area contributed by atoms with Crippen LogP contribution < -0.4 is 5.32 Å². The summed E-state index contributed by atoms with van der Waals surface area (Å²) < 4.78 is 1.84. The van der Waals surface area contributed by atoms with Gasteiger partial charge in [0.2, 0.25) is 0 Å². The quantitative estimate of drug-likeness (QED) is 0.531. The van der Waals surface area contributed by atoms with Crippen LogP contribution in [-0.2, 0) is 4.79 Å². The van der Waals surface area contributed by atoms with Crippen molar-refractivity contribution in [1.82, 2.24) is 14.7 Å². The number of aromatic nitrogens is 2. The van der Waals surface area contributed by atoms with Gasteiger partial charge >= 0.3 is 0 Å².